The number of nitrogens with zero attached hydrogens (tertiary/aromatic N) is 2. The zero-order valence-electron chi connectivity index (χ0n) is 29.7. The fraction of sp³-hybridized carbons (Fsp3) is 0.390. The fourth-order valence-electron chi connectivity index (χ4n) is 5.51. The van der Waals surface area contributed by atoms with Gasteiger partial charge in [0, 0.05) is 52.8 Å². The third-order valence-electron chi connectivity index (χ3n) is 9.82. The standard InChI is InChI=1S/C26H21N2S2.C15H28O2.Ir/c1-26(2,3)21-15-18(14-17-8-4-5-9-19(17)21)24-23-20-11-13-29-12-7-6-10-22(20)30-25(23)28-16-27-24;1-7-14(5,8-2)12(16)11-13(17)15(6,9-3)10-4;/h4-13,15-16H,1-3H3;11,16H,7-10H2,1-6H3;/q-1;;/b;12-11-;. The van der Waals surface area contributed by atoms with Gasteiger partial charge in [0.1, 0.15) is 16.9 Å². The van der Waals surface area contributed by atoms with Crippen LogP contribution < -0.4 is 0 Å². The number of aromatic nitrogens is 2. The van der Waals surface area contributed by atoms with Gasteiger partial charge in [-0.3, -0.25) is 9.78 Å². The number of thiophene rings is 1. The Morgan fingerprint density at radius 1 is 0.833 bits per heavy atom. The van der Waals surface area contributed by atoms with Crippen LogP contribution in [0.1, 0.15) is 93.6 Å². The molecule has 7 heteroatoms. The summed E-state index contributed by atoms with van der Waals surface area (Å²) < 4.78 is 1.20. The number of fused-ring (bicyclic) bond motifs is 4. The summed E-state index contributed by atoms with van der Waals surface area (Å²) in [4.78, 5) is 22.5. The zero-order chi connectivity index (χ0) is 34.4. The van der Waals surface area contributed by atoms with Crippen molar-refractivity contribution in [2.24, 2.45) is 10.8 Å². The number of aliphatic hydroxyl groups excluding tert-OH is 1. The van der Waals surface area contributed by atoms with Crippen LogP contribution >= 0.6 is 22.7 Å². The molecule has 1 radical (unpaired) electrons. The van der Waals surface area contributed by atoms with E-state index in [1.54, 1.807) is 29.0 Å². The van der Waals surface area contributed by atoms with E-state index in [9.17, 15) is 9.90 Å². The van der Waals surface area contributed by atoms with E-state index in [1.807, 2.05) is 41.5 Å². The van der Waals surface area contributed by atoms with E-state index in [-0.39, 0.29) is 47.9 Å². The predicted octanol–water partition coefficient (Wildman–Crippen LogP) is 12.6. The third kappa shape index (κ3) is 8.60. The van der Waals surface area contributed by atoms with Gasteiger partial charge in [0.25, 0.3) is 0 Å². The molecule has 0 bridgehead atoms. The first-order valence-electron chi connectivity index (χ1n) is 16.7. The van der Waals surface area contributed by atoms with Gasteiger partial charge in [-0.15, -0.1) is 40.5 Å². The van der Waals surface area contributed by atoms with Crippen molar-refractivity contribution in [3.8, 4) is 11.3 Å². The second-order valence-corrected chi connectivity index (χ2v) is 15.6. The molecule has 0 atom stereocenters. The monoisotopic (exact) mass is 858 g/mol. The first-order valence-corrected chi connectivity index (χ1v) is 18.4. The normalized spacial score (nSPS) is 12.3. The number of hydrogen-bond acceptors (Lipinski definition) is 6. The smallest absolute Gasteiger partial charge is 0.164 e. The molecule has 0 saturated heterocycles. The van der Waals surface area contributed by atoms with E-state index in [2.05, 4.69) is 97.2 Å². The van der Waals surface area contributed by atoms with E-state index in [0.717, 1.165) is 52.5 Å². The number of carbonyl (C=O) groups is 1. The molecular formula is C41H49IrN2O2S2-. The van der Waals surface area contributed by atoms with Gasteiger partial charge >= 0.3 is 0 Å². The molecule has 0 aliphatic rings. The average molecular weight is 858 g/mol. The molecular weight excluding hydrogens is 809 g/mol. The maximum atomic E-state index is 12.2. The van der Waals surface area contributed by atoms with Gasteiger partial charge in [-0.2, -0.15) is 11.3 Å². The first kappa shape index (κ1) is 39.5. The van der Waals surface area contributed by atoms with Crippen molar-refractivity contribution in [3.05, 3.63) is 95.1 Å². The number of carbonyl (C=O) groups excluding carboxylic acids is 1. The molecule has 3 aromatic heterocycles. The molecule has 0 amide bonds. The third-order valence-corrected chi connectivity index (χ3v) is 11.5. The van der Waals surface area contributed by atoms with Crippen molar-refractivity contribution < 1.29 is 30.0 Å². The van der Waals surface area contributed by atoms with Crippen molar-refractivity contribution in [1.29, 1.82) is 0 Å². The Labute approximate surface area is 308 Å². The molecule has 3 heterocycles. The number of hydrogen-bond donors (Lipinski definition) is 1. The van der Waals surface area contributed by atoms with Gasteiger partial charge in [0.15, 0.2) is 5.78 Å². The van der Waals surface area contributed by atoms with Crippen LogP contribution in [0.5, 0.6) is 0 Å². The maximum absolute atomic E-state index is 12.2. The summed E-state index contributed by atoms with van der Waals surface area (Å²) in [5.41, 5.74) is 2.69. The Hall–Kier alpha value is -2.96. The molecule has 1 N–H and O–H groups in total. The van der Waals surface area contributed by atoms with Crippen LogP contribution in [0.15, 0.2) is 83.5 Å². The Morgan fingerprint density at radius 2 is 1.48 bits per heavy atom. The van der Waals surface area contributed by atoms with Gasteiger partial charge in [-0.05, 0) is 59.4 Å². The summed E-state index contributed by atoms with van der Waals surface area (Å²) in [6.45, 7) is 18.9. The molecule has 257 valence electrons. The van der Waals surface area contributed by atoms with E-state index in [0.29, 0.717) is 0 Å². The molecule has 5 aromatic rings. The van der Waals surface area contributed by atoms with E-state index >= 15 is 0 Å². The molecule has 0 aliphatic heterocycles. The molecule has 48 heavy (non-hydrogen) atoms. The predicted molar refractivity (Wildman–Crippen MR) is 204 cm³/mol. The number of aliphatic hydroxyl groups is 1. The first-order chi connectivity index (χ1) is 22.3. The SMILES string of the molecule is CC(C)(C)c1cc(-c2ncnc3sc4ccccsccc4c23)[c-]c2ccccc12.CCC(C)(CC)C(=O)/C=C(\O)C(C)(CC)CC.[Ir]. The summed E-state index contributed by atoms with van der Waals surface area (Å²) in [5.74, 6) is 0.286. The van der Waals surface area contributed by atoms with Crippen LogP contribution in [0.25, 0.3) is 42.3 Å². The quantitative estimate of drug-likeness (QED) is 0.0959. The number of ketones is 1. The Kier molecular flexibility index (Phi) is 13.7. The van der Waals surface area contributed by atoms with Gasteiger partial charge in [0.2, 0.25) is 0 Å². The summed E-state index contributed by atoms with van der Waals surface area (Å²) in [6.07, 6.45) is 6.43. The Balaban J connectivity index is 0.000000301. The Morgan fingerprint density at radius 3 is 2.12 bits per heavy atom. The second-order valence-electron chi connectivity index (χ2n) is 13.7. The van der Waals surface area contributed by atoms with Crippen molar-refractivity contribution >= 4 is 59.5 Å². The van der Waals surface area contributed by atoms with Crippen molar-refractivity contribution in [2.75, 3.05) is 0 Å². The van der Waals surface area contributed by atoms with Gasteiger partial charge in [-0.25, -0.2) is 4.98 Å². The van der Waals surface area contributed by atoms with Crippen molar-refractivity contribution in [2.45, 2.75) is 93.4 Å². The minimum absolute atomic E-state index is 0. The molecule has 0 fully saturated rings. The number of rotatable bonds is 8. The van der Waals surface area contributed by atoms with Gasteiger partial charge in [0.05, 0.1) is 0 Å². The molecule has 5 rings (SSSR count). The molecule has 0 aliphatic carbocycles. The van der Waals surface area contributed by atoms with Crippen LogP contribution in [-0.2, 0) is 30.3 Å². The van der Waals surface area contributed by atoms with E-state index in [4.69, 9.17) is 4.98 Å². The van der Waals surface area contributed by atoms with E-state index < -0.39 is 0 Å². The topological polar surface area (TPSA) is 63.1 Å². The minimum atomic E-state index is -0.337. The Bertz CT molecular complexity index is 1940. The molecule has 2 aromatic carbocycles. The fourth-order valence-corrected chi connectivity index (χ4v) is 7.04. The maximum Gasteiger partial charge on any atom is 0.164 e. The van der Waals surface area contributed by atoms with Crippen LogP contribution in [0.4, 0.5) is 0 Å². The second kappa shape index (κ2) is 16.6. The van der Waals surface area contributed by atoms with Crippen LogP contribution in [0.3, 0.4) is 0 Å². The minimum Gasteiger partial charge on any atom is -0.512 e. The zero-order valence-corrected chi connectivity index (χ0v) is 33.8. The van der Waals surface area contributed by atoms with Gasteiger partial charge < -0.3 is 5.11 Å². The van der Waals surface area contributed by atoms with Crippen LogP contribution in [0, 0.1) is 16.9 Å². The number of allylic oxidation sites excluding steroid dienone is 2. The van der Waals surface area contributed by atoms with Crippen LogP contribution in [-0.4, -0.2) is 20.9 Å². The summed E-state index contributed by atoms with van der Waals surface area (Å²) in [7, 11) is 0. The van der Waals surface area contributed by atoms with E-state index in [1.165, 1.54) is 27.1 Å². The summed E-state index contributed by atoms with van der Waals surface area (Å²) in [6, 6.07) is 22.9. The molecule has 0 saturated carbocycles. The largest absolute Gasteiger partial charge is 0.512 e. The number of benzene rings is 2. The molecule has 0 spiro atoms. The van der Waals surface area contributed by atoms with Crippen molar-refractivity contribution in [3.63, 3.8) is 0 Å². The summed E-state index contributed by atoms with van der Waals surface area (Å²) >= 11 is 3.38. The van der Waals surface area contributed by atoms with Gasteiger partial charge in [-0.1, -0.05) is 104 Å². The summed E-state index contributed by atoms with van der Waals surface area (Å²) in [5, 5.41) is 19.0. The van der Waals surface area contributed by atoms with Crippen LogP contribution in [0.2, 0.25) is 0 Å². The molecule has 4 nitrogen and oxygen atoms in total. The molecule has 0 unspecified atom stereocenters. The van der Waals surface area contributed by atoms with Crippen molar-refractivity contribution in [1.82, 2.24) is 9.97 Å². The average Bonchev–Trinajstić information content (AvgIpc) is 3.47.